The SMILES string of the molecule is Cc1ccc(S(=O)(=O)O)cc1N1CC2CN(c3ccc4c(c3)C(=O)c3ccccc3-4)CC2C1. The molecule has 6 nitrogen and oxygen atoms in total. The third-order valence-corrected chi connectivity index (χ3v) is 8.23. The van der Waals surface area contributed by atoms with Gasteiger partial charge in [0.05, 0.1) is 4.90 Å². The van der Waals surface area contributed by atoms with Crippen LogP contribution in [0.3, 0.4) is 0 Å². The summed E-state index contributed by atoms with van der Waals surface area (Å²) in [6, 6.07) is 18.8. The first-order chi connectivity index (χ1) is 15.8. The molecule has 3 aromatic rings. The maximum absolute atomic E-state index is 12.9. The van der Waals surface area contributed by atoms with Gasteiger partial charge in [0.1, 0.15) is 0 Å². The van der Waals surface area contributed by atoms with Crippen molar-refractivity contribution in [3.05, 3.63) is 77.4 Å². The third-order valence-electron chi connectivity index (χ3n) is 7.38. The van der Waals surface area contributed by atoms with Gasteiger partial charge in [0.25, 0.3) is 10.1 Å². The van der Waals surface area contributed by atoms with Crippen molar-refractivity contribution in [1.29, 1.82) is 0 Å². The minimum atomic E-state index is -4.23. The van der Waals surface area contributed by atoms with Gasteiger partial charge >= 0.3 is 0 Å². The van der Waals surface area contributed by atoms with Crippen molar-refractivity contribution in [1.82, 2.24) is 0 Å². The normalized spacial score (nSPS) is 21.3. The standard InChI is InChI=1S/C26H24N2O4S/c1-16-6-8-20(33(30,31)32)11-25(16)28-14-17-12-27(13-18(17)15-28)19-7-9-22-21-4-2-3-5-23(21)26(29)24(22)10-19/h2-11,17-18H,12-15H2,1H3,(H,30,31,32). The van der Waals surface area contributed by atoms with E-state index in [2.05, 4.69) is 21.9 Å². The maximum Gasteiger partial charge on any atom is 0.294 e. The molecule has 1 aliphatic carbocycles. The molecule has 0 amide bonds. The van der Waals surface area contributed by atoms with Crippen molar-refractivity contribution < 1.29 is 17.8 Å². The largest absolute Gasteiger partial charge is 0.371 e. The predicted octanol–water partition coefficient (Wildman–Crippen LogP) is 4.03. The second-order valence-corrected chi connectivity index (χ2v) is 10.8. The second kappa shape index (κ2) is 7.17. The van der Waals surface area contributed by atoms with Crippen LogP contribution in [0.4, 0.5) is 11.4 Å². The van der Waals surface area contributed by atoms with Crippen molar-refractivity contribution >= 4 is 27.3 Å². The van der Waals surface area contributed by atoms with Crippen LogP contribution < -0.4 is 9.80 Å². The molecule has 2 aliphatic heterocycles. The van der Waals surface area contributed by atoms with Crippen LogP contribution in [0.5, 0.6) is 0 Å². The number of carbonyl (C=O) groups is 1. The zero-order valence-electron chi connectivity index (χ0n) is 18.2. The Morgan fingerprint density at radius 3 is 2.12 bits per heavy atom. The number of carbonyl (C=O) groups excluding carboxylic acids is 1. The van der Waals surface area contributed by atoms with Gasteiger partial charge in [-0.15, -0.1) is 0 Å². The molecule has 2 heterocycles. The van der Waals surface area contributed by atoms with Gasteiger partial charge in [-0.25, -0.2) is 0 Å². The quantitative estimate of drug-likeness (QED) is 0.465. The number of aryl methyl sites for hydroxylation is 1. The zero-order valence-corrected chi connectivity index (χ0v) is 19.0. The van der Waals surface area contributed by atoms with E-state index < -0.39 is 10.1 Å². The Morgan fingerprint density at radius 2 is 1.42 bits per heavy atom. The summed E-state index contributed by atoms with van der Waals surface area (Å²) in [5, 5.41) is 0. The lowest BCUT2D eigenvalue weighted by Gasteiger charge is -2.26. The van der Waals surface area contributed by atoms with Crippen LogP contribution in [0.1, 0.15) is 21.5 Å². The van der Waals surface area contributed by atoms with Crippen LogP contribution in [-0.4, -0.2) is 44.9 Å². The van der Waals surface area contributed by atoms with Crippen molar-refractivity contribution in [2.45, 2.75) is 11.8 Å². The summed E-state index contributed by atoms with van der Waals surface area (Å²) in [5.41, 5.74) is 6.54. The fraction of sp³-hybridized carbons (Fsp3) is 0.269. The average molecular weight is 461 g/mol. The summed E-state index contributed by atoms with van der Waals surface area (Å²) in [6.07, 6.45) is 0. The minimum absolute atomic E-state index is 0.0643. The Morgan fingerprint density at radius 1 is 0.788 bits per heavy atom. The number of nitrogens with zero attached hydrogens (tertiary/aromatic N) is 2. The maximum atomic E-state index is 12.9. The molecule has 0 radical (unpaired) electrons. The highest BCUT2D eigenvalue weighted by molar-refractivity contribution is 7.85. The van der Waals surface area contributed by atoms with E-state index in [4.69, 9.17) is 0 Å². The number of hydrogen-bond acceptors (Lipinski definition) is 5. The van der Waals surface area contributed by atoms with Crippen LogP contribution in [0.2, 0.25) is 0 Å². The summed E-state index contributed by atoms with van der Waals surface area (Å²) in [4.78, 5) is 17.4. The number of anilines is 2. The Balaban J connectivity index is 1.21. The summed E-state index contributed by atoms with van der Waals surface area (Å²) < 4.78 is 32.6. The van der Waals surface area contributed by atoms with Crippen molar-refractivity contribution in [3.63, 3.8) is 0 Å². The monoisotopic (exact) mass is 460 g/mol. The van der Waals surface area contributed by atoms with Gasteiger partial charge in [-0.05, 0) is 47.9 Å². The average Bonchev–Trinajstić information content (AvgIpc) is 3.44. The van der Waals surface area contributed by atoms with Gasteiger partial charge < -0.3 is 9.80 Å². The number of fused-ring (bicyclic) bond motifs is 4. The molecular weight excluding hydrogens is 436 g/mol. The summed E-state index contributed by atoms with van der Waals surface area (Å²) >= 11 is 0. The van der Waals surface area contributed by atoms with Crippen molar-refractivity contribution in [2.24, 2.45) is 11.8 Å². The number of hydrogen-bond donors (Lipinski definition) is 1. The minimum Gasteiger partial charge on any atom is -0.371 e. The number of benzene rings is 3. The molecule has 2 fully saturated rings. The summed E-state index contributed by atoms with van der Waals surface area (Å²) in [5.74, 6) is 1.02. The molecule has 0 aromatic heterocycles. The van der Waals surface area contributed by atoms with Crippen molar-refractivity contribution in [3.8, 4) is 11.1 Å². The van der Waals surface area contributed by atoms with E-state index in [9.17, 15) is 17.8 Å². The Hall–Kier alpha value is -3.16. The first kappa shape index (κ1) is 20.4. The smallest absolute Gasteiger partial charge is 0.294 e. The summed E-state index contributed by atoms with van der Waals surface area (Å²) in [6.45, 7) is 5.44. The molecular formula is C26H24N2O4S. The molecule has 2 unspecified atom stereocenters. The van der Waals surface area contributed by atoms with Crippen LogP contribution >= 0.6 is 0 Å². The van der Waals surface area contributed by atoms with Gasteiger partial charge in [0.2, 0.25) is 0 Å². The molecule has 2 saturated heterocycles. The fourth-order valence-corrected chi connectivity index (χ4v) is 6.20. The van der Waals surface area contributed by atoms with E-state index in [1.807, 2.05) is 37.3 Å². The van der Waals surface area contributed by atoms with Gasteiger partial charge in [-0.3, -0.25) is 9.35 Å². The molecule has 0 bridgehead atoms. The Labute approximate surface area is 193 Å². The lowest BCUT2D eigenvalue weighted by molar-refractivity contribution is 0.104. The summed E-state index contributed by atoms with van der Waals surface area (Å²) in [7, 11) is -4.23. The highest BCUT2D eigenvalue weighted by atomic mass is 32.2. The number of rotatable bonds is 3. The van der Waals surface area contributed by atoms with Crippen molar-refractivity contribution in [2.75, 3.05) is 36.0 Å². The topological polar surface area (TPSA) is 77.9 Å². The molecule has 6 rings (SSSR count). The van der Waals surface area contributed by atoms with E-state index in [1.165, 1.54) is 6.07 Å². The van der Waals surface area contributed by atoms with Crippen LogP contribution in [-0.2, 0) is 10.1 Å². The number of ketones is 1. The first-order valence-electron chi connectivity index (χ1n) is 11.2. The van der Waals surface area contributed by atoms with Crippen LogP contribution in [0.15, 0.2) is 65.6 Å². The van der Waals surface area contributed by atoms with Gasteiger partial charge in [-0.1, -0.05) is 36.4 Å². The molecule has 168 valence electrons. The van der Waals surface area contributed by atoms with E-state index in [0.717, 1.165) is 65.4 Å². The lowest BCUT2D eigenvalue weighted by Crippen LogP contribution is -2.29. The Bertz CT molecular complexity index is 1400. The molecule has 3 aliphatic rings. The second-order valence-electron chi connectivity index (χ2n) is 9.36. The Kier molecular flexibility index (Phi) is 4.44. The first-order valence-corrected chi connectivity index (χ1v) is 12.6. The molecule has 33 heavy (non-hydrogen) atoms. The molecule has 2 atom stereocenters. The van der Waals surface area contributed by atoms with E-state index >= 15 is 0 Å². The molecule has 0 spiro atoms. The predicted molar refractivity (Wildman–Crippen MR) is 128 cm³/mol. The molecule has 1 N–H and O–H groups in total. The van der Waals surface area contributed by atoms with Gasteiger partial charge in [0, 0.05) is 60.5 Å². The molecule has 0 saturated carbocycles. The highest BCUT2D eigenvalue weighted by Crippen LogP contribution is 2.41. The van der Waals surface area contributed by atoms with E-state index in [1.54, 1.807) is 12.1 Å². The van der Waals surface area contributed by atoms with Gasteiger partial charge in [-0.2, -0.15) is 8.42 Å². The third kappa shape index (κ3) is 3.26. The lowest BCUT2D eigenvalue weighted by atomic mass is 10.0. The van der Waals surface area contributed by atoms with E-state index in [-0.39, 0.29) is 10.7 Å². The molecule has 7 heteroatoms. The van der Waals surface area contributed by atoms with Crippen LogP contribution in [0, 0.1) is 18.8 Å². The molecule has 3 aromatic carbocycles. The fourth-order valence-electron chi connectivity index (χ4n) is 5.70. The van der Waals surface area contributed by atoms with Gasteiger partial charge in [0.15, 0.2) is 5.78 Å². The van der Waals surface area contributed by atoms with Crippen LogP contribution in [0.25, 0.3) is 11.1 Å². The zero-order chi connectivity index (χ0) is 22.9. The highest BCUT2D eigenvalue weighted by Gasteiger charge is 2.41. The van der Waals surface area contributed by atoms with E-state index in [0.29, 0.717) is 11.8 Å².